The molecule has 0 radical (unpaired) electrons. The van der Waals surface area contributed by atoms with Gasteiger partial charge in [-0.3, -0.25) is 9.59 Å². The first kappa shape index (κ1) is 16.7. The lowest BCUT2D eigenvalue weighted by molar-refractivity contribution is -0.137. The molecular weight excluding hydrogens is 307 g/mol. The molecule has 23 heavy (non-hydrogen) atoms. The van der Waals surface area contributed by atoms with Crippen LogP contribution in [0.5, 0.6) is 0 Å². The van der Waals surface area contributed by atoms with Gasteiger partial charge in [0.2, 0.25) is 0 Å². The molecule has 0 amide bonds. The minimum absolute atomic E-state index is 0.184. The third-order valence-electron chi connectivity index (χ3n) is 3.55. The third-order valence-corrected chi connectivity index (χ3v) is 3.55. The molecule has 1 aromatic heterocycles. The Morgan fingerprint density at radius 1 is 1.22 bits per heavy atom. The minimum Gasteiger partial charge on any atom is -0.334 e. The smallest absolute Gasteiger partial charge is 0.334 e. The summed E-state index contributed by atoms with van der Waals surface area (Å²) < 4.78 is 39.5. The number of nitrogens with zero attached hydrogens (tertiary/aromatic N) is 1. The largest absolute Gasteiger partial charge is 0.416 e. The van der Waals surface area contributed by atoms with Crippen LogP contribution in [0.1, 0.15) is 34.6 Å². The van der Waals surface area contributed by atoms with Crippen molar-refractivity contribution in [2.24, 2.45) is 0 Å². The molecule has 0 saturated carbocycles. The van der Waals surface area contributed by atoms with Gasteiger partial charge in [-0.15, -0.1) is 0 Å². The average molecular weight is 321 g/mol. The SMILES string of the molecule is C=C(C(C)=O)C(c1ccc(C(F)(F)F)cc1)n1cccc1C=O. The molecule has 120 valence electrons. The molecule has 2 rings (SSSR count). The second-order valence-electron chi connectivity index (χ2n) is 5.06. The van der Waals surface area contributed by atoms with Crippen molar-refractivity contribution in [1.29, 1.82) is 0 Å². The Morgan fingerprint density at radius 3 is 2.30 bits per heavy atom. The van der Waals surface area contributed by atoms with Crippen molar-refractivity contribution in [3.05, 3.63) is 71.6 Å². The number of carbonyl (C=O) groups is 2. The molecule has 2 aromatic rings. The second-order valence-corrected chi connectivity index (χ2v) is 5.06. The van der Waals surface area contributed by atoms with Crippen molar-refractivity contribution >= 4 is 12.1 Å². The summed E-state index contributed by atoms with van der Waals surface area (Å²) in [6.07, 6.45) is -2.24. The van der Waals surface area contributed by atoms with Crippen LogP contribution in [-0.2, 0) is 11.0 Å². The van der Waals surface area contributed by atoms with E-state index in [2.05, 4.69) is 6.58 Å². The van der Waals surface area contributed by atoms with E-state index in [4.69, 9.17) is 0 Å². The number of hydrogen-bond acceptors (Lipinski definition) is 2. The minimum atomic E-state index is -4.44. The first-order valence-electron chi connectivity index (χ1n) is 6.74. The Kier molecular flexibility index (Phi) is 4.54. The van der Waals surface area contributed by atoms with E-state index in [-0.39, 0.29) is 11.4 Å². The summed E-state index contributed by atoms with van der Waals surface area (Å²) in [5.41, 5.74) is 0.149. The Balaban J connectivity index is 2.52. The van der Waals surface area contributed by atoms with Gasteiger partial charge >= 0.3 is 6.18 Å². The number of aromatic nitrogens is 1. The van der Waals surface area contributed by atoms with Crippen LogP contribution < -0.4 is 0 Å². The number of benzene rings is 1. The average Bonchev–Trinajstić information content (AvgIpc) is 2.95. The molecule has 0 aliphatic rings. The van der Waals surface area contributed by atoms with Gasteiger partial charge in [0, 0.05) is 11.8 Å². The van der Waals surface area contributed by atoms with Crippen molar-refractivity contribution in [2.45, 2.75) is 19.1 Å². The number of ketones is 1. The number of alkyl halides is 3. The van der Waals surface area contributed by atoms with E-state index >= 15 is 0 Å². The summed E-state index contributed by atoms with van der Waals surface area (Å²) in [7, 11) is 0. The molecule has 0 fully saturated rings. The molecule has 1 atom stereocenters. The standard InChI is InChI=1S/C17H14F3NO2/c1-11(12(2)23)16(21-9-3-4-15(21)10-22)13-5-7-14(8-6-13)17(18,19)20/h3-10,16H,1H2,2H3. The van der Waals surface area contributed by atoms with Gasteiger partial charge in [-0.2, -0.15) is 13.2 Å². The first-order chi connectivity index (χ1) is 10.8. The van der Waals surface area contributed by atoms with E-state index in [9.17, 15) is 22.8 Å². The Morgan fingerprint density at radius 2 is 1.83 bits per heavy atom. The summed E-state index contributed by atoms with van der Waals surface area (Å²) in [6.45, 7) is 5.05. The fourth-order valence-corrected chi connectivity index (χ4v) is 2.32. The van der Waals surface area contributed by atoms with Crippen LogP contribution in [0.2, 0.25) is 0 Å². The van der Waals surface area contributed by atoms with Crippen molar-refractivity contribution < 1.29 is 22.8 Å². The number of carbonyl (C=O) groups excluding carboxylic acids is 2. The number of rotatable bonds is 5. The van der Waals surface area contributed by atoms with Crippen LogP contribution in [0.25, 0.3) is 0 Å². The Labute approximate surface area is 131 Å². The molecule has 3 nitrogen and oxygen atoms in total. The highest BCUT2D eigenvalue weighted by atomic mass is 19.4. The van der Waals surface area contributed by atoms with Crippen LogP contribution in [-0.4, -0.2) is 16.6 Å². The van der Waals surface area contributed by atoms with Crippen molar-refractivity contribution in [3.8, 4) is 0 Å². The topological polar surface area (TPSA) is 39.1 Å². The number of hydrogen-bond donors (Lipinski definition) is 0. The second kappa shape index (κ2) is 6.24. The number of aldehydes is 1. The van der Waals surface area contributed by atoms with Gasteiger partial charge in [-0.1, -0.05) is 18.7 Å². The maximum atomic E-state index is 12.7. The molecule has 6 heteroatoms. The first-order valence-corrected chi connectivity index (χ1v) is 6.74. The molecule has 0 spiro atoms. The Hall–Kier alpha value is -2.63. The summed E-state index contributed by atoms with van der Waals surface area (Å²) in [6, 6.07) is 6.91. The third kappa shape index (κ3) is 3.41. The lowest BCUT2D eigenvalue weighted by Gasteiger charge is -2.22. The maximum absolute atomic E-state index is 12.7. The van der Waals surface area contributed by atoms with Gasteiger partial charge < -0.3 is 4.57 Å². The molecular formula is C17H14F3NO2. The Bertz CT molecular complexity index is 742. The lowest BCUT2D eigenvalue weighted by atomic mass is 9.96. The summed E-state index contributed by atoms with van der Waals surface area (Å²) in [5, 5.41) is 0. The van der Waals surface area contributed by atoms with Gasteiger partial charge in [-0.05, 0) is 36.8 Å². The molecule has 0 saturated heterocycles. The summed E-state index contributed by atoms with van der Waals surface area (Å²) in [5.74, 6) is -0.305. The van der Waals surface area contributed by atoms with E-state index in [0.29, 0.717) is 17.5 Å². The van der Waals surface area contributed by atoms with E-state index in [1.165, 1.54) is 23.6 Å². The van der Waals surface area contributed by atoms with Gasteiger partial charge in [0.25, 0.3) is 0 Å². The molecule has 1 aromatic carbocycles. The van der Waals surface area contributed by atoms with E-state index in [1.807, 2.05) is 0 Å². The molecule has 0 bridgehead atoms. The summed E-state index contributed by atoms with van der Waals surface area (Å²) >= 11 is 0. The normalized spacial score (nSPS) is 12.7. The molecule has 1 heterocycles. The zero-order chi connectivity index (χ0) is 17.2. The van der Waals surface area contributed by atoms with Gasteiger partial charge in [-0.25, -0.2) is 0 Å². The number of allylic oxidation sites excluding steroid dienone is 1. The number of halogens is 3. The van der Waals surface area contributed by atoms with Crippen LogP contribution in [0, 0.1) is 0 Å². The highest BCUT2D eigenvalue weighted by Gasteiger charge is 2.31. The van der Waals surface area contributed by atoms with E-state index in [1.54, 1.807) is 18.3 Å². The number of Topliss-reactive ketones (excluding diaryl/α,β-unsaturated/α-hetero) is 1. The van der Waals surface area contributed by atoms with Crippen molar-refractivity contribution in [1.82, 2.24) is 4.57 Å². The van der Waals surface area contributed by atoms with Crippen LogP contribution in [0.15, 0.2) is 54.7 Å². The fourth-order valence-electron chi connectivity index (χ4n) is 2.32. The highest BCUT2D eigenvalue weighted by molar-refractivity contribution is 5.94. The predicted octanol–water partition coefficient (Wildman–Crippen LogP) is 4.05. The van der Waals surface area contributed by atoms with Crippen molar-refractivity contribution in [3.63, 3.8) is 0 Å². The molecule has 0 N–H and O–H groups in total. The summed E-state index contributed by atoms with van der Waals surface area (Å²) in [4.78, 5) is 22.8. The zero-order valence-corrected chi connectivity index (χ0v) is 12.3. The molecule has 0 aliphatic heterocycles. The van der Waals surface area contributed by atoms with Gasteiger partial charge in [0.15, 0.2) is 12.1 Å². The van der Waals surface area contributed by atoms with Crippen LogP contribution >= 0.6 is 0 Å². The van der Waals surface area contributed by atoms with Crippen LogP contribution in [0.3, 0.4) is 0 Å². The fraction of sp³-hybridized carbons (Fsp3) is 0.176. The van der Waals surface area contributed by atoms with Gasteiger partial charge in [0.1, 0.15) is 0 Å². The van der Waals surface area contributed by atoms with E-state index < -0.39 is 17.8 Å². The molecule has 0 aliphatic carbocycles. The quantitative estimate of drug-likeness (QED) is 0.615. The van der Waals surface area contributed by atoms with Gasteiger partial charge in [0.05, 0.1) is 17.3 Å². The lowest BCUT2D eigenvalue weighted by Crippen LogP contribution is -2.18. The van der Waals surface area contributed by atoms with Crippen molar-refractivity contribution in [2.75, 3.05) is 0 Å². The predicted molar refractivity (Wildman–Crippen MR) is 79.2 cm³/mol. The monoisotopic (exact) mass is 321 g/mol. The van der Waals surface area contributed by atoms with E-state index in [0.717, 1.165) is 12.1 Å². The zero-order valence-electron chi connectivity index (χ0n) is 12.3. The highest BCUT2D eigenvalue weighted by Crippen LogP contribution is 2.32. The van der Waals surface area contributed by atoms with Crippen LogP contribution in [0.4, 0.5) is 13.2 Å². The molecule has 1 unspecified atom stereocenters. The maximum Gasteiger partial charge on any atom is 0.416 e.